The lowest BCUT2D eigenvalue weighted by Gasteiger charge is -2.34. The number of nitrogens with zero attached hydrogens (tertiary/aromatic N) is 2. The van der Waals surface area contributed by atoms with E-state index in [0.717, 1.165) is 0 Å². The number of rotatable bonds is 3. The number of hydrazine groups is 1. The predicted octanol–water partition coefficient (Wildman–Crippen LogP) is 2.91. The van der Waals surface area contributed by atoms with Gasteiger partial charge in [0.2, 0.25) is 0 Å². The van der Waals surface area contributed by atoms with Crippen molar-refractivity contribution in [2.45, 2.75) is 45.3 Å². The van der Waals surface area contributed by atoms with Crippen molar-refractivity contribution in [2.75, 3.05) is 26.3 Å². The molecule has 0 atom stereocenters. The SMILES string of the molecule is CC(C)(C)OC(=O)N1CCC(n2cccc2C(=O)NNC(=O)c2ccc3c(c2)OCCO3)CC1. The van der Waals surface area contributed by atoms with Gasteiger partial charge in [0.05, 0.1) is 0 Å². The number of nitrogens with one attached hydrogen (secondary N) is 2. The Morgan fingerprint density at radius 1 is 0.971 bits per heavy atom. The Bertz CT molecular complexity index is 1070. The van der Waals surface area contributed by atoms with Gasteiger partial charge in [0.1, 0.15) is 24.5 Å². The first-order chi connectivity index (χ1) is 16.2. The van der Waals surface area contributed by atoms with Crippen LogP contribution in [0.25, 0.3) is 0 Å². The Hall–Kier alpha value is -3.69. The molecule has 0 spiro atoms. The van der Waals surface area contributed by atoms with Gasteiger partial charge in [0.25, 0.3) is 11.8 Å². The molecule has 3 amide bonds. The number of hydrogen-bond donors (Lipinski definition) is 2. The molecular formula is C24H30N4O6. The van der Waals surface area contributed by atoms with Crippen molar-refractivity contribution in [3.8, 4) is 11.5 Å². The molecule has 3 heterocycles. The molecule has 10 heteroatoms. The van der Waals surface area contributed by atoms with E-state index in [9.17, 15) is 14.4 Å². The second-order valence-corrected chi connectivity index (χ2v) is 9.27. The van der Waals surface area contributed by atoms with Gasteiger partial charge in [0, 0.05) is 30.9 Å². The zero-order chi connectivity index (χ0) is 24.3. The third-order valence-corrected chi connectivity index (χ3v) is 5.62. The first-order valence-electron chi connectivity index (χ1n) is 11.4. The molecule has 0 saturated carbocycles. The van der Waals surface area contributed by atoms with Gasteiger partial charge in [-0.25, -0.2) is 4.79 Å². The van der Waals surface area contributed by atoms with Gasteiger partial charge in [-0.2, -0.15) is 0 Å². The minimum atomic E-state index is -0.538. The van der Waals surface area contributed by atoms with Crippen LogP contribution in [0.1, 0.15) is 60.5 Å². The largest absolute Gasteiger partial charge is 0.486 e. The molecule has 2 aliphatic heterocycles. The summed E-state index contributed by atoms with van der Waals surface area (Å²) in [4.78, 5) is 39.3. The molecular weight excluding hydrogens is 440 g/mol. The summed E-state index contributed by atoms with van der Waals surface area (Å²) < 4.78 is 18.3. The highest BCUT2D eigenvalue weighted by Gasteiger charge is 2.29. The number of carbonyl (C=O) groups excluding carboxylic acids is 3. The van der Waals surface area contributed by atoms with Crippen molar-refractivity contribution in [1.82, 2.24) is 20.3 Å². The Kier molecular flexibility index (Phi) is 6.67. The topological polar surface area (TPSA) is 111 Å². The second-order valence-electron chi connectivity index (χ2n) is 9.27. The molecule has 1 aromatic heterocycles. The van der Waals surface area contributed by atoms with Crippen molar-refractivity contribution >= 4 is 17.9 Å². The minimum Gasteiger partial charge on any atom is -0.486 e. The number of amides is 3. The van der Waals surface area contributed by atoms with Crippen molar-refractivity contribution < 1.29 is 28.6 Å². The molecule has 10 nitrogen and oxygen atoms in total. The van der Waals surface area contributed by atoms with Crippen molar-refractivity contribution in [3.05, 3.63) is 47.8 Å². The van der Waals surface area contributed by atoms with Gasteiger partial charge in [-0.05, 0) is 63.9 Å². The highest BCUT2D eigenvalue weighted by Crippen LogP contribution is 2.30. The molecule has 0 radical (unpaired) electrons. The summed E-state index contributed by atoms with van der Waals surface area (Å²) >= 11 is 0. The van der Waals surface area contributed by atoms with Gasteiger partial charge in [-0.3, -0.25) is 20.4 Å². The highest BCUT2D eigenvalue weighted by atomic mass is 16.6. The fourth-order valence-corrected chi connectivity index (χ4v) is 3.99. The van der Waals surface area contributed by atoms with Crippen LogP contribution in [0.4, 0.5) is 4.79 Å². The van der Waals surface area contributed by atoms with Gasteiger partial charge in [0.15, 0.2) is 11.5 Å². The summed E-state index contributed by atoms with van der Waals surface area (Å²) in [6.07, 6.45) is 2.90. The first kappa shape index (κ1) is 23.5. The van der Waals surface area contributed by atoms with Crippen LogP contribution in [0.3, 0.4) is 0 Å². The normalized spacial score (nSPS) is 16.0. The molecule has 182 valence electrons. The Balaban J connectivity index is 1.32. The van der Waals surface area contributed by atoms with E-state index in [2.05, 4.69) is 10.9 Å². The predicted molar refractivity (Wildman–Crippen MR) is 123 cm³/mol. The summed E-state index contributed by atoms with van der Waals surface area (Å²) in [6.45, 7) is 7.49. The van der Waals surface area contributed by atoms with E-state index in [1.165, 1.54) is 0 Å². The van der Waals surface area contributed by atoms with Crippen LogP contribution in [0, 0.1) is 0 Å². The molecule has 0 aliphatic carbocycles. The average molecular weight is 471 g/mol. The van der Waals surface area contributed by atoms with Crippen molar-refractivity contribution in [2.24, 2.45) is 0 Å². The number of benzene rings is 1. The number of ether oxygens (including phenoxy) is 3. The molecule has 2 aromatic rings. The number of carbonyl (C=O) groups is 3. The number of hydrogen-bond acceptors (Lipinski definition) is 6. The molecule has 1 aromatic carbocycles. The molecule has 0 bridgehead atoms. The standard InChI is InChI=1S/C24H30N4O6/c1-24(2,3)34-23(31)27-11-8-17(9-12-27)28-10-4-5-18(28)22(30)26-25-21(29)16-6-7-19-20(15-16)33-14-13-32-19/h4-7,10,15,17H,8-9,11-14H2,1-3H3,(H,25,29)(H,26,30). The molecule has 0 unspecified atom stereocenters. The van der Waals surface area contributed by atoms with E-state index in [-0.39, 0.29) is 12.1 Å². The van der Waals surface area contributed by atoms with Crippen LogP contribution in [0.15, 0.2) is 36.5 Å². The maximum Gasteiger partial charge on any atom is 0.410 e. The van der Waals surface area contributed by atoms with Gasteiger partial charge >= 0.3 is 6.09 Å². The van der Waals surface area contributed by atoms with Crippen LogP contribution in [-0.4, -0.2) is 59.3 Å². The van der Waals surface area contributed by atoms with E-state index < -0.39 is 17.4 Å². The zero-order valence-electron chi connectivity index (χ0n) is 19.6. The fourth-order valence-electron chi connectivity index (χ4n) is 3.99. The number of fused-ring (bicyclic) bond motifs is 1. The quantitative estimate of drug-likeness (QED) is 0.668. The third-order valence-electron chi connectivity index (χ3n) is 5.62. The second kappa shape index (κ2) is 9.66. The maximum absolute atomic E-state index is 12.8. The summed E-state index contributed by atoms with van der Waals surface area (Å²) in [7, 11) is 0. The van der Waals surface area contributed by atoms with E-state index in [1.807, 2.05) is 31.5 Å². The molecule has 2 aliphatic rings. The van der Waals surface area contributed by atoms with E-state index in [4.69, 9.17) is 14.2 Å². The van der Waals surface area contributed by atoms with E-state index in [0.29, 0.717) is 61.9 Å². The fraction of sp³-hybridized carbons (Fsp3) is 0.458. The lowest BCUT2D eigenvalue weighted by molar-refractivity contribution is 0.0187. The average Bonchev–Trinajstić information content (AvgIpc) is 3.31. The van der Waals surface area contributed by atoms with Crippen LogP contribution >= 0.6 is 0 Å². The smallest absolute Gasteiger partial charge is 0.410 e. The van der Waals surface area contributed by atoms with Crippen LogP contribution in [0.5, 0.6) is 11.5 Å². The highest BCUT2D eigenvalue weighted by molar-refractivity contribution is 5.98. The Morgan fingerprint density at radius 2 is 1.65 bits per heavy atom. The number of piperidine rings is 1. The lowest BCUT2D eigenvalue weighted by Crippen LogP contribution is -2.44. The minimum absolute atomic E-state index is 0.0583. The van der Waals surface area contributed by atoms with E-state index >= 15 is 0 Å². The Labute approximate surface area is 198 Å². The molecule has 2 N–H and O–H groups in total. The number of likely N-dealkylation sites (tertiary alicyclic amines) is 1. The summed E-state index contributed by atoms with van der Waals surface area (Å²) in [5, 5.41) is 0. The van der Waals surface area contributed by atoms with Crippen molar-refractivity contribution in [1.29, 1.82) is 0 Å². The van der Waals surface area contributed by atoms with Crippen LogP contribution < -0.4 is 20.3 Å². The van der Waals surface area contributed by atoms with Crippen LogP contribution in [0.2, 0.25) is 0 Å². The Morgan fingerprint density at radius 3 is 2.35 bits per heavy atom. The molecule has 34 heavy (non-hydrogen) atoms. The molecule has 1 fully saturated rings. The van der Waals surface area contributed by atoms with E-state index in [1.54, 1.807) is 35.2 Å². The third kappa shape index (κ3) is 5.44. The molecule has 1 saturated heterocycles. The van der Waals surface area contributed by atoms with Gasteiger partial charge in [-0.15, -0.1) is 0 Å². The summed E-state index contributed by atoms with van der Waals surface area (Å²) in [5.41, 5.74) is 5.16. The maximum atomic E-state index is 12.8. The summed E-state index contributed by atoms with van der Waals surface area (Å²) in [5.74, 6) is 0.193. The molecule has 4 rings (SSSR count). The number of aromatic nitrogens is 1. The lowest BCUT2D eigenvalue weighted by atomic mass is 10.0. The van der Waals surface area contributed by atoms with Crippen molar-refractivity contribution in [3.63, 3.8) is 0 Å². The monoisotopic (exact) mass is 470 g/mol. The van der Waals surface area contributed by atoms with Gasteiger partial charge < -0.3 is 23.7 Å². The van der Waals surface area contributed by atoms with Crippen LogP contribution in [-0.2, 0) is 4.74 Å². The first-order valence-corrected chi connectivity index (χ1v) is 11.4. The van der Waals surface area contributed by atoms with Gasteiger partial charge in [-0.1, -0.05) is 0 Å². The zero-order valence-corrected chi connectivity index (χ0v) is 19.6. The summed E-state index contributed by atoms with van der Waals surface area (Å²) in [6, 6.07) is 8.40.